The second kappa shape index (κ2) is 8.27. The predicted octanol–water partition coefficient (Wildman–Crippen LogP) is 0.222. The molecule has 0 aliphatic rings. The van der Waals surface area contributed by atoms with Gasteiger partial charge in [-0.3, -0.25) is 14.6 Å². The lowest BCUT2D eigenvalue weighted by atomic mass is 10.3. The minimum Gasteiger partial charge on any atom is -0.350 e. The van der Waals surface area contributed by atoms with E-state index in [1.807, 2.05) is 19.0 Å². The maximum Gasteiger partial charge on any atom is 0.252 e. The van der Waals surface area contributed by atoms with Crippen LogP contribution in [0.4, 0.5) is 0 Å². The Morgan fingerprint density at radius 1 is 1.25 bits per heavy atom. The Morgan fingerprint density at radius 2 is 2.00 bits per heavy atom. The Bertz CT molecular complexity index is 434. The molecule has 20 heavy (non-hydrogen) atoms. The molecular weight excluding hydrogens is 256 g/mol. The first kappa shape index (κ1) is 16.1. The van der Waals surface area contributed by atoms with Crippen molar-refractivity contribution in [1.82, 2.24) is 20.1 Å². The van der Waals surface area contributed by atoms with Crippen molar-refractivity contribution < 1.29 is 9.59 Å². The van der Waals surface area contributed by atoms with Crippen LogP contribution in [0.25, 0.3) is 0 Å². The Hall–Kier alpha value is -1.95. The molecule has 0 saturated carbocycles. The van der Waals surface area contributed by atoms with Crippen LogP contribution in [0.5, 0.6) is 0 Å². The maximum atomic E-state index is 11.8. The van der Waals surface area contributed by atoms with Gasteiger partial charge in [-0.15, -0.1) is 0 Å². The molecule has 110 valence electrons. The molecule has 0 spiro atoms. The monoisotopic (exact) mass is 278 g/mol. The van der Waals surface area contributed by atoms with Gasteiger partial charge in [0.15, 0.2) is 0 Å². The molecule has 0 bridgehead atoms. The van der Waals surface area contributed by atoms with Crippen molar-refractivity contribution in [2.24, 2.45) is 0 Å². The summed E-state index contributed by atoms with van der Waals surface area (Å²) in [5.74, 6) is -0.156. The number of nitrogens with zero attached hydrogens (tertiary/aromatic N) is 3. The second-order valence-electron chi connectivity index (χ2n) is 4.81. The summed E-state index contributed by atoms with van der Waals surface area (Å²) >= 11 is 0. The zero-order chi connectivity index (χ0) is 15.0. The summed E-state index contributed by atoms with van der Waals surface area (Å²) in [7, 11) is 3.92. The van der Waals surface area contributed by atoms with Gasteiger partial charge in [-0.1, -0.05) is 0 Å². The SMILES string of the molecule is CC(=O)N(CCNC(=O)c1cccnc1)CCN(C)C. The van der Waals surface area contributed by atoms with E-state index in [2.05, 4.69) is 10.3 Å². The van der Waals surface area contributed by atoms with Crippen molar-refractivity contribution in [3.8, 4) is 0 Å². The molecule has 1 rings (SSSR count). The zero-order valence-electron chi connectivity index (χ0n) is 12.3. The van der Waals surface area contributed by atoms with Crippen LogP contribution < -0.4 is 5.32 Å². The van der Waals surface area contributed by atoms with Crippen LogP contribution in [0.2, 0.25) is 0 Å². The number of hydrogen-bond acceptors (Lipinski definition) is 4. The summed E-state index contributed by atoms with van der Waals surface area (Å²) in [5.41, 5.74) is 0.523. The topological polar surface area (TPSA) is 65.5 Å². The molecule has 1 aromatic heterocycles. The molecule has 6 nitrogen and oxygen atoms in total. The van der Waals surface area contributed by atoms with E-state index in [4.69, 9.17) is 0 Å². The average molecular weight is 278 g/mol. The summed E-state index contributed by atoms with van der Waals surface area (Å²) in [6.07, 6.45) is 3.14. The molecule has 0 atom stereocenters. The number of aromatic nitrogens is 1. The Kier molecular flexibility index (Phi) is 6.66. The smallest absolute Gasteiger partial charge is 0.252 e. The molecule has 6 heteroatoms. The number of nitrogens with one attached hydrogen (secondary N) is 1. The van der Waals surface area contributed by atoms with Gasteiger partial charge >= 0.3 is 0 Å². The van der Waals surface area contributed by atoms with E-state index in [-0.39, 0.29) is 11.8 Å². The number of amides is 2. The first-order chi connectivity index (χ1) is 9.50. The van der Waals surface area contributed by atoms with Gasteiger partial charge in [0, 0.05) is 45.5 Å². The van der Waals surface area contributed by atoms with Crippen LogP contribution in [0.15, 0.2) is 24.5 Å². The highest BCUT2D eigenvalue weighted by Gasteiger charge is 2.10. The van der Waals surface area contributed by atoms with Gasteiger partial charge < -0.3 is 15.1 Å². The third-order valence-corrected chi connectivity index (χ3v) is 2.85. The van der Waals surface area contributed by atoms with Gasteiger partial charge in [0.2, 0.25) is 5.91 Å². The normalized spacial score (nSPS) is 10.4. The van der Waals surface area contributed by atoms with E-state index >= 15 is 0 Å². The van der Waals surface area contributed by atoms with Crippen LogP contribution in [-0.4, -0.2) is 66.9 Å². The first-order valence-electron chi connectivity index (χ1n) is 6.59. The van der Waals surface area contributed by atoms with E-state index in [0.717, 1.165) is 6.54 Å². The van der Waals surface area contributed by atoms with E-state index < -0.39 is 0 Å². The molecule has 0 saturated heterocycles. The summed E-state index contributed by atoms with van der Waals surface area (Å²) in [5, 5.41) is 2.79. The minimum atomic E-state index is -0.172. The number of hydrogen-bond donors (Lipinski definition) is 1. The van der Waals surface area contributed by atoms with E-state index in [1.165, 1.54) is 6.20 Å². The fourth-order valence-electron chi connectivity index (χ4n) is 1.65. The fourth-order valence-corrected chi connectivity index (χ4v) is 1.65. The summed E-state index contributed by atoms with van der Waals surface area (Å²) in [6.45, 7) is 3.94. The standard InChI is InChI=1S/C14H22N4O2/c1-12(19)18(10-9-17(2)3)8-7-16-14(20)13-5-4-6-15-11-13/h4-6,11H,7-10H2,1-3H3,(H,16,20). The number of carbonyl (C=O) groups is 2. The highest BCUT2D eigenvalue weighted by atomic mass is 16.2. The van der Waals surface area contributed by atoms with Crippen molar-refractivity contribution in [2.45, 2.75) is 6.92 Å². The highest BCUT2D eigenvalue weighted by Crippen LogP contribution is 1.95. The molecule has 1 N–H and O–H groups in total. The number of carbonyl (C=O) groups excluding carboxylic acids is 2. The molecule has 0 aromatic carbocycles. The van der Waals surface area contributed by atoms with Gasteiger partial charge in [-0.05, 0) is 26.2 Å². The zero-order valence-corrected chi connectivity index (χ0v) is 12.3. The number of pyridine rings is 1. The lowest BCUT2D eigenvalue weighted by Gasteiger charge is -2.23. The summed E-state index contributed by atoms with van der Waals surface area (Å²) < 4.78 is 0. The van der Waals surface area contributed by atoms with E-state index in [0.29, 0.717) is 25.2 Å². The predicted molar refractivity (Wildman–Crippen MR) is 77.4 cm³/mol. The summed E-state index contributed by atoms with van der Waals surface area (Å²) in [4.78, 5) is 30.9. The van der Waals surface area contributed by atoms with Gasteiger partial charge in [0.25, 0.3) is 5.91 Å². The Morgan fingerprint density at radius 3 is 2.55 bits per heavy atom. The highest BCUT2D eigenvalue weighted by molar-refractivity contribution is 5.93. The summed E-state index contributed by atoms with van der Waals surface area (Å²) in [6, 6.07) is 3.42. The van der Waals surface area contributed by atoms with Crippen molar-refractivity contribution in [1.29, 1.82) is 0 Å². The van der Waals surface area contributed by atoms with Gasteiger partial charge in [-0.25, -0.2) is 0 Å². The lowest BCUT2D eigenvalue weighted by molar-refractivity contribution is -0.128. The molecule has 2 amide bonds. The molecule has 0 radical (unpaired) electrons. The van der Waals surface area contributed by atoms with E-state index in [9.17, 15) is 9.59 Å². The molecule has 0 aliphatic heterocycles. The second-order valence-corrected chi connectivity index (χ2v) is 4.81. The average Bonchev–Trinajstić information content (AvgIpc) is 2.42. The maximum absolute atomic E-state index is 11.8. The lowest BCUT2D eigenvalue weighted by Crippen LogP contribution is -2.40. The molecular formula is C14H22N4O2. The largest absolute Gasteiger partial charge is 0.350 e. The van der Waals surface area contributed by atoms with Crippen LogP contribution in [-0.2, 0) is 4.79 Å². The van der Waals surface area contributed by atoms with Gasteiger partial charge in [-0.2, -0.15) is 0 Å². The number of likely N-dealkylation sites (N-methyl/N-ethyl adjacent to an activating group) is 1. The molecule has 1 aromatic rings. The third-order valence-electron chi connectivity index (χ3n) is 2.85. The Balaban J connectivity index is 2.37. The van der Waals surface area contributed by atoms with Crippen molar-refractivity contribution in [2.75, 3.05) is 40.3 Å². The van der Waals surface area contributed by atoms with Crippen LogP contribution in [0.1, 0.15) is 17.3 Å². The fraction of sp³-hybridized carbons (Fsp3) is 0.500. The number of rotatable bonds is 7. The quantitative estimate of drug-likeness (QED) is 0.775. The third kappa shape index (κ3) is 5.79. The molecule has 0 fully saturated rings. The molecule has 0 aliphatic carbocycles. The van der Waals surface area contributed by atoms with E-state index in [1.54, 1.807) is 30.2 Å². The minimum absolute atomic E-state index is 0.0162. The van der Waals surface area contributed by atoms with Crippen molar-refractivity contribution >= 4 is 11.8 Å². The molecule has 0 unspecified atom stereocenters. The van der Waals surface area contributed by atoms with Gasteiger partial charge in [0.1, 0.15) is 0 Å². The van der Waals surface area contributed by atoms with Crippen molar-refractivity contribution in [3.63, 3.8) is 0 Å². The Labute approximate surface area is 119 Å². The van der Waals surface area contributed by atoms with Gasteiger partial charge in [0.05, 0.1) is 5.56 Å². The molecule has 1 heterocycles. The van der Waals surface area contributed by atoms with Crippen LogP contribution in [0, 0.1) is 0 Å². The van der Waals surface area contributed by atoms with Crippen LogP contribution >= 0.6 is 0 Å². The van der Waals surface area contributed by atoms with Crippen molar-refractivity contribution in [3.05, 3.63) is 30.1 Å². The van der Waals surface area contributed by atoms with Crippen LogP contribution in [0.3, 0.4) is 0 Å². The first-order valence-corrected chi connectivity index (χ1v) is 6.59.